The molecule has 0 radical (unpaired) electrons. The van der Waals surface area contributed by atoms with E-state index in [2.05, 4.69) is 9.72 Å². The molecule has 3 atom stereocenters. The van der Waals surface area contributed by atoms with E-state index in [0.717, 1.165) is 12.8 Å². The number of aromatic nitrogens is 1. The monoisotopic (exact) mass is 619 g/mol. The van der Waals surface area contributed by atoms with E-state index >= 15 is 0 Å². The fourth-order valence-electron chi connectivity index (χ4n) is 4.93. The molecule has 1 saturated heterocycles. The minimum Gasteiger partial charge on any atom is -0.489 e. The zero-order chi connectivity index (χ0) is 29.4. The average molecular weight is 620 g/mol. The summed E-state index contributed by atoms with van der Waals surface area (Å²) in [6.07, 6.45) is 3.57. The van der Waals surface area contributed by atoms with Gasteiger partial charge in [0.1, 0.15) is 16.1 Å². The standard InChI is InChI=1S/C30H26Cl2F2N2O6/c31-21-12-35-13-22(32)20(21)11-24(18-7-8-23(42-30(33)34)25(9-18)39-15-16-5-6-16)40-29-26(41-29)14-36-27(37)10-17-3-1-2-4-19(17)28(36)38/h1-4,7-9,12-13,16,24,26,29-30H,5-6,10-11,14-15H2/p+1/t24-,26?,29?/m0/s1. The number of aromatic amines is 1. The number of imide groups is 1. The highest BCUT2D eigenvalue weighted by atomic mass is 35.5. The maximum Gasteiger partial charge on any atom is 0.387 e. The molecule has 3 aromatic rings. The summed E-state index contributed by atoms with van der Waals surface area (Å²) in [5, 5.41) is 0.769. The largest absolute Gasteiger partial charge is 0.489 e. The Morgan fingerprint density at radius 1 is 1.05 bits per heavy atom. The van der Waals surface area contributed by atoms with Gasteiger partial charge in [0.05, 0.1) is 25.7 Å². The maximum absolute atomic E-state index is 13.1. The number of carbonyl (C=O) groups is 2. The van der Waals surface area contributed by atoms with Crippen LogP contribution in [-0.4, -0.2) is 48.9 Å². The van der Waals surface area contributed by atoms with Crippen molar-refractivity contribution in [2.24, 2.45) is 5.92 Å². The molecule has 1 N–H and O–H groups in total. The van der Waals surface area contributed by atoms with Gasteiger partial charge in [0.2, 0.25) is 5.91 Å². The Morgan fingerprint density at radius 2 is 1.81 bits per heavy atom. The van der Waals surface area contributed by atoms with Crippen molar-refractivity contribution < 1.29 is 42.3 Å². The van der Waals surface area contributed by atoms with Gasteiger partial charge in [0.15, 0.2) is 30.2 Å². The van der Waals surface area contributed by atoms with E-state index in [4.69, 9.17) is 37.4 Å². The lowest BCUT2D eigenvalue weighted by molar-refractivity contribution is -0.377. The Labute approximate surface area is 250 Å². The molecular formula is C30H27Cl2F2N2O6+. The van der Waals surface area contributed by atoms with Crippen LogP contribution in [0.2, 0.25) is 10.0 Å². The SMILES string of the molecule is O=C1Cc2ccccc2C(=O)N1CC1OC1O[C@@H](Cc1c(Cl)c[nH+]cc1Cl)c1ccc(OC(F)F)c(OCC2CC2)c1. The van der Waals surface area contributed by atoms with Gasteiger partial charge in [-0.3, -0.25) is 14.5 Å². The molecule has 2 unspecified atom stereocenters. The minimum absolute atomic E-state index is 0.0299. The second-order valence-corrected chi connectivity index (χ2v) is 11.3. The molecule has 0 spiro atoms. The van der Waals surface area contributed by atoms with Crippen LogP contribution in [-0.2, 0) is 27.1 Å². The Morgan fingerprint density at radius 3 is 2.55 bits per heavy atom. The number of carbonyl (C=O) groups excluding carboxylic acids is 2. The van der Waals surface area contributed by atoms with Gasteiger partial charge in [-0.15, -0.1) is 0 Å². The molecule has 6 rings (SSSR count). The molecule has 42 heavy (non-hydrogen) atoms. The third-order valence-corrected chi connectivity index (χ3v) is 8.12. The number of H-pyrrole nitrogens is 1. The second-order valence-electron chi connectivity index (χ2n) is 10.5. The normalized spacial score (nSPS) is 20.5. The third-order valence-electron chi connectivity index (χ3n) is 7.45. The number of hydrogen-bond donors (Lipinski definition) is 0. The van der Waals surface area contributed by atoms with Crippen molar-refractivity contribution in [3.05, 3.63) is 87.2 Å². The summed E-state index contributed by atoms with van der Waals surface area (Å²) in [4.78, 5) is 29.8. The molecule has 1 aromatic heterocycles. The Kier molecular flexibility index (Phi) is 8.31. The molecule has 1 aliphatic carbocycles. The number of hydrogen-bond acceptors (Lipinski definition) is 6. The first-order valence-corrected chi connectivity index (χ1v) is 14.3. The highest BCUT2D eigenvalue weighted by molar-refractivity contribution is 6.35. The summed E-state index contributed by atoms with van der Waals surface area (Å²) < 4.78 is 48.8. The zero-order valence-electron chi connectivity index (χ0n) is 22.2. The molecule has 12 heteroatoms. The maximum atomic E-state index is 13.1. The summed E-state index contributed by atoms with van der Waals surface area (Å²) in [5.74, 6) is -0.217. The van der Waals surface area contributed by atoms with E-state index in [9.17, 15) is 18.4 Å². The fraction of sp³-hybridized carbons (Fsp3) is 0.367. The number of ether oxygens (including phenoxy) is 4. The molecular weight excluding hydrogens is 593 g/mol. The van der Waals surface area contributed by atoms with Crippen molar-refractivity contribution >= 4 is 35.0 Å². The van der Waals surface area contributed by atoms with E-state index in [1.807, 2.05) is 0 Å². The van der Waals surface area contributed by atoms with E-state index < -0.39 is 25.1 Å². The molecule has 1 saturated carbocycles. The first kappa shape index (κ1) is 28.8. The quantitative estimate of drug-likeness (QED) is 0.198. The van der Waals surface area contributed by atoms with Crippen molar-refractivity contribution in [2.45, 2.75) is 50.8 Å². The van der Waals surface area contributed by atoms with Crippen LogP contribution in [0.4, 0.5) is 8.78 Å². The van der Waals surface area contributed by atoms with Crippen LogP contribution in [0, 0.1) is 5.92 Å². The van der Waals surface area contributed by atoms with Gasteiger partial charge in [-0.25, -0.2) is 4.98 Å². The zero-order valence-corrected chi connectivity index (χ0v) is 23.7. The molecule has 3 heterocycles. The van der Waals surface area contributed by atoms with Crippen LogP contribution in [0.25, 0.3) is 0 Å². The number of pyridine rings is 1. The van der Waals surface area contributed by atoms with Gasteiger partial charge in [-0.05, 0) is 48.1 Å². The Hall–Kier alpha value is -3.31. The molecule has 3 aliphatic rings. The van der Waals surface area contributed by atoms with E-state index in [1.54, 1.807) is 48.8 Å². The number of alkyl halides is 2. The van der Waals surface area contributed by atoms with Crippen LogP contribution in [0.3, 0.4) is 0 Å². The molecule has 0 bridgehead atoms. The van der Waals surface area contributed by atoms with Gasteiger partial charge in [0, 0.05) is 17.5 Å². The van der Waals surface area contributed by atoms with E-state index in [-0.39, 0.29) is 42.7 Å². The number of epoxide rings is 1. The number of rotatable bonds is 12. The van der Waals surface area contributed by atoms with Crippen molar-refractivity contribution in [3.63, 3.8) is 0 Å². The van der Waals surface area contributed by atoms with Gasteiger partial charge < -0.3 is 18.9 Å². The third kappa shape index (κ3) is 6.52. The topological polar surface area (TPSA) is 91.7 Å². The molecule has 2 amide bonds. The van der Waals surface area contributed by atoms with Gasteiger partial charge in [-0.1, -0.05) is 47.5 Å². The highest BCUT2D eigenvalue weighted by Gasteiger charge is 2.46. The summed E-state index contributed by atoms with van der Waals surface area (Å²) in [6, 6.07) is 11.6. The molecule has 2 fully saturated rings. The predicted octanol–water partition coefficient (Wildman–Crippen LogP) is 5.45. The first-order valence-electron chi connectivity index (χ1n) is 13.6. The number of halogens is 4. The van der Waals surface area contributed by atoms with Crippen LogP contribution >= 0.6 is 23.2 Å². The first-order chi connectivity index (χ1) is 20.3. The van der Waals surface area contributed by atoms with Gasteiger partial charge in [-0.2, -0.15) is 8.78 Å². The summed E-state index contributed by atoms with van der Waals surface area (Å²) >= 11 is 12.9. The number of benzene rings is 2. The second kappa shape index (κ2) is 12.1. The lowest BCUT2D eigenvalue weighted by atomic mass is 9.98. The van der Waals surface area contributed by atoms with Crippen LogP contribution in [0.1, 0.15) is 46.0 Å². The van der Waals surface area contributed by atoms with Crippen molar-refractivity contribution in [3.8, 4) is 11.5 Å². The number of amides is 2. The highest BCUT2D eigenvalue weighted by Crippen LogP contribution is 2.40. The van der Waals surface area contributed by atoms with Crippen molar-refractivity contribution in [1.82, 2.24) is 4.90 Å². The number of fused-ring (bicyclic) bond motifs is 1. The summed E-state index contributed by atoms with van der Waals surface area (Å²) in [5.41, 5.74) is 2.38. The lowest BCUT2D eigenvalue weighted by Crippen LogP contribution is -2.44. The molecule has 220 valence electrons. The van der Waals surface area contributed by atoms with Crippen LogP contribution < -0.4 is 14.5 Å². The summed E-state index contributed by atoms with van der Waals surface area (Å²) in [6.45, 7) is -2.60. The lowest BCUT2D eigenvalue weighted by Gasteiger charge is -2.26. The van der Waals surface area contributed by atoms with Gasteiger partial charge in [0.25, 0.3) is 5.91 Å². The van der Waals surface area contributed by atoms with Crippen molar-refractivity contribution in [1.29, 1.82) is 0 Å². The number of nitrogens with zero attached hydrogens (tertiary/aromatic N) is 1. The number of nitrogens with one attached hydrogen (secondary N) is 1. The fourth-order valence-corrected chi connectivity index (χ4v) is 5.46. The Balaban J connectivity index is 1.22. The van der Waals surface area contributed by atoms with E-state index in [0.29, 0.717) is 44.8 Å². The van der Waals surface area contributed by atoms with E-state index in [1.165, 1.54) is 11.0 Å². The van der Waals surface area contributed by atoms with Crippen LogP contribution in [0.15, 0.2) is 54.9 Å². The predicted molar refractivity (Wildman–Crippen MR) is 147 cm³/mol. The Bertz CT molecular complexity index is 1480. The van der Waals surface area contributed by atoms with Crippen molar-refractivity contribution in [2.75, 3.05) is 13.2 Å². The smallest absolute Gasteiger partial charge is 0.387 e. The minimum atomic E-state index is -3.02. The molecule has 8 nitrogen and oxygen atoms in total. The molecule has 2 aliphatic heterocycles. The van der Waals surface area contributed by atoms with Crippen LogP contribution in [0.5, 0.6) is 11.5 Å². The summed E-state index contributed by atoms with van der Waals surface area (Å²) in [7, 11) is 0. The van der Waals surface area contributed by atoms with Gasteiger partial charge >= 0.3 is 6.61 Å². The molecule has 2 aromatic carbocycles. The average Bonchev–Trinajstić information content (AvgIpc) is 3.89.